The first-order chi connectivity index (χ1) is 11.1. The average Bonchev–Trinajstić information content (AvgIpc) is 2.76. The molecule has 1 aliphatic rings. The van der Waals surface area contributed by atoms with Gasteiger partial charge in [-0.1, -0.05) is 19.9 Å². The number of benzene rings is 1. The SMILES string of the molecule is CC(C)C[C@@H](CO)NC(=O)NCc1ccc2c(c1)OCCCO2. The highest BCUT2D eigenvalue weighted by Gasteiger charge is 2.14. The van der Waals surface area contributed by atoms with E-state index in [0.29, 0.717) is 25.7 Å². The van der Waals surface area contributed by atoms with E-state index in [1.54, 1.807) is 0 Å². The van der Waals surface area contributed by atoms with Crippen LogP contribution in [0.25, 0.3) is 0 Å². The fraction of sp³-hybridized carbons (Fsp3) is 0.588. The fourth-order valence-corrected chi connectivity index (χ4v) is 2.48. The molecule has 0 aromatic heterocycles. The molecule has 0 spiro atoms. The van der Waals surface area contributed by atoms with E-state index >= 15 is 0 Å². The Balaban J connectivity index is 1.85. The maximum Gasteiger partial charge on any atom is 0.315 e. The minimum atomic E-state index is -0.281. The molecule has 1 aromatic carbocycles. The molecule has 0 saturated carbocycles. The van der Waals surface area contributed by atoms with Crippen molar-refractivity contribution >= 4 is 6.03 Å². The largest absolute Gasteiger partial charge is 0.490 e. The van der Waals surface area contributed by atoms with Gasteiger partial charge in [-0.3, -0.25) is 0 Å². The molecule has 2 rings (SSSR count). The molecule has 128 valence electrons. The molecule has 1 atom stereocenters. The molecule has 0 saturated heterocycles. The van der Waals surface area contributed by atoms with Crippen molar-refractivity contribution < 1.29 is 19.4 Å². The van der Waals surface area contributed by atoms with Crippen LogP contribution in [0.15, 0.2) is 18.2 Å². The van der Waals surface area contributed by atoms with Crippen LogP contribution in [0, 0.1) is 5.92 Å². The van der Waals surface area contributed by atoms with Gasteiger partial charge in [0.1, 0.15) is 0 Å². The van der Waals surface area contributed by atoms with Crippen molar-refractivity contribution in [2.75, 3.05) is 19.8 Å². The second-order valence-electron chi connectivity index (χ2n) is 6.17. The number of ether oxygens (including phenoxy) is 2. The van der Waals surface area contributed by atoms with Crippen LogP contribution in [0.1, 0.15) is 32.3 Å². The number of amides is 2. The molecule has 6 nitrogen and oxygen atoms in total. The second-order valence-corrected chi connectivity index (χ2v) is 6.17. The third-order valence-electron chi connectivity index (χ3n) is 3.58. The van der Waals surface area contributed by atoms with Crippen LogP contribution < -0.4 is 20.1 Å². The van der Waals surface area contributed by atoms with Crippen LogP contribution >= 0.6 is 0 Å². The highest BCUT2D eigenvalue weighted by atomic mass is 16.5. The number of rotatable bonds is 6. The zero-order valence-corrected chi connectivity index (χ0v) is 13.8. The van der Waals surface area contributed by atoms with Crippen LogP contribution in [0.4, 0.5) is 4.79 Å². The zero-order valence-electron chi connectivity index (χ0n) is 13.8. The van der Waals surface area contributed by atoms with Gasteiger partial charge in [0.15, 0.2) is 11.5 Å². The monoisotopic (exact) mass is 322 g/mol. The van der Waals surface area contributed by atoms with Gasteiger partial charge in [-0.05, 0) is 30.0 Å². The molecule has 1 aromatic rings. The van der Waals surface area contributed by atoms with Crippen LogP contribution in [0.2, 0.25) is 0 Å². The smallest absolute Gasteiger partial charge is 0.315 e. The van der Waals surface area contributed by atoms with Crippen LogP contribution in [-0.4, -0.2) is 37.0 Å². The lowest BCUT2D eigenvalue weighted by atomic mass is 10.0. The van der Waals surface area contributed by atoms with E-state index in [4.69, 9.17) is 9.47 Å². The van der Waals surface area contributed by atoms with Gasteiger partial charge in [0.05, 0.1) is 25.9 Å². The summed E-state index contributed by atoms with van der Waals surface area (Å²) >= 11 is 0. The van der Waals surface area contributed by atoms with Gasteiger partial charge < -0.3 is 25.2 Å². The van der Waals surface area contributed by atoms with Gasteiger partial charge in [0, 0.05) is 13.0 Å². The first kappa shape index (κ1) is 17.4. The number of aliphatic hydroxyl groups is 1. The third-order valence-corrected chi connectivity index (χ3v) is 3.58. The Bertz CT molecular complexity index is 519. The van der Waals surface area contributed by atoms with Gasteiger partial charge in [-0.25, -0.2) is 4.79 Å². The summed E-state index contributed by atoms with van der Waals surface area (Å²) in [5, 5.41) is 14.9. The predicted molar refractivity (Wildman–Crippen MR) is 87.7 cm³/mol. The molecule has 1 aliphatic heterocycles. The number of hydrogen-bond donors (Lipinski definition) is 3. The number of carbonyl (C=O) groups excluding carboxylic acids is 1. The molecule has 0 aliphatic carbocycles. The lowest BCUT2D eigenvalue weighted by molar-refractivity contribution is 0.206. The lowest BCUT2D eigenvalue weighted by Crippen LogP contribution is -2.44. The normalized spacial score (nSPS) is 15.0. The molecule has 1 heterocycles. The summed E-state index contributed by atoms with van der Waals surface area (Å²) in [4.78, 5) is 11.9. The van der Waals surface area contributed by atoms with Crippen molar-refractivity contribution in [1.82, 2.24) is 10.6 Å². The van der Waals surface area contributed by atoms with E-state index in [-0.39, 0.29) is 18.7 Å². The molecule has 3 N–H and O–H groups in total. The summed E-state index contributed by atoms with van der Waals surface area (Å²) in [7, 11) is 0. The summed E-state index contributed by atoms with van der Waals surface area (Å²) in [6, 6.07) is 5.16. The average molecular weight is 322 g/mol. The van der Waals surface area contributed by atoms with E-state index in [2.05, 4.69) is 24.5 Å². The summed E-state index contributed by atoms with van der Waals surface area (Å²) in [6.07, 6.45) is 1.61. The predicted octanol–water partition coefficient (Wildman–Crippen LogP) is 2.05. The van der Waals surface area contributed by atoms with Gasteiger partial charge in [0.2, 0.25) is 0 Å². The van der Waals surface area contributed by atoms with E-state index in [1.807, 2.05) is 18.2 Å². The number of urea groups is 1. The standard InChI is InChI=1S/C17H26N2O4/c1-12(2)8-14(11-20)19-17(21)18-10-13-4-5-15-16(9-13)23-7-3-6-22-15/h4-5,9,12,14,20H,3,6-8,10-11H2,1-2H3,(H2,18,19,21)/t14-/m0/s1. The number of hydrogen-bond acceptors (Lipinski definition) is 4. The topological polar surface area (TPSA) is 79.8 Å². The summed E-state index contributed by atoms with van der Waals surface area (Å²) in [5.74, 6) is 1.87. The maximum absolute atomic E-state index is 11.9. The van der Waals surface area contributed by atoms with E-state index in [0.717, 1.165) is 29.9 Å². The zero-order chi connectivity index (χ0) is 16.7. The Labute approximate surface area is 137 Å². The van der Waals surface area contributed by atoms with Crippen molar-refractivity contribution in [1.29, 1.82) is 0 Å². The molecular weight excluding hydrogens is 296 g/mol. The van der Waals surface area contributed by atoms with Gasteiger partial charge >= 0.3 is 6.03 Å². The Hall–Kier alpha value is -1.95. The fourth-order valence-electron chi connectivity index (χ4n) is 2.48. The molecule has 23 heavy (non-hydrogen) atoms. The molecule has 6 heteroatoms. The van der Waals surface area contributed by atoms with Crippen LogP contribution in [-0.2, 0) is 6.54 Å². The highest BCUT2D eigenvalue weighted by molar-refractivity contribution is 5.74. The van der Waals surface area contributed by atoms with Gasteiger partial charge in [0.25, 0.3) is 0 Å². The second kappa shape index (κ2) is 8.62. The Kier molecular flexibility index (Phi) is 6.52. The first-order valence-corrected chi connectivity index (χ1v) is 8.12. The first-order valence-electron chi connectivity index (χ1n) is 8.12. The van der Waals surface area contributed by atoms with Crippen molar-refractivity contribution in [3.63, 3.8) is 0 Å². The van der Waals surface area contributed by atoms with Gasteiger partial charge in [-0.2, -0.15) is 0 Å². The number of carbonyl (C=O) groups is 1. The molecule has 0 bridgehead atoms. The quantitative estimate of drug-likeness (QED) is 0.749. The van der Waals surface area contributed by atoms with Crippen LogP contribution in [0.5, 0.6) is 11.5 Å². The maximum atomic E-state index is 11.9. The number of aliphatic hydroxyl groups excluding tert-OH is 1. The Morgan fingerprint density at radius 1 is 1.26 bits per heavy atom. The van der Waals surface area contributed by atoms with Crippen molar-refractivity contribution in [3.8, 4) is 11.5 Å². The van der Waals surface area contributed by atoms with Crippen molar-refractivity contribution in [3.05, 3.63) is 23.8 Å². The molecule has 0 radical (unpaired) electrons. The molecule has 0 unspecified atom stereocenters. The highest BCUT2D eigenvalue weighted by Crippen LogP contribution is 2.30. The van der Waals surface area contributed by atoms with E-state index in [9.17, 15) is 9.90 Å². The van der Waals surface area contributed by atoms with Crippen LogP contribution in [0.3, 0.4) is 0 Å². The van der Waals surface area contributed by atoms with E-state index < -0.39 is 0 Å². The molecule has 2 amide bonds. The van der Waals surface area contributed by atoms with E-state index in [1.165, 1.54) is 0 Å². The minimum absolute atomic E-state index is 0.0599. The molecule has 0 fully saturated rings. The van der Waals surface area contributed by atoms with Crippen molar-refractivity contribution in [2.45, 2.75) is 39.3 Å². The number of fused-ring (bicyclic) bond motifs is 1. The third kappa shape index (κ3) is 5.63. The summed E-state index contributed by atoms with van der Waals surface area (Å²) in [5.41, 5.74) is 0.939. The summed E-state index contributed by atoms with van der Waals surface area (Å²) in [6.45, 7) is 5.74. The summed E-state index contributed by atoms with van der Waals surface area (Å²) < 4.78 is 11.2. The molecular formula is C17H26N2O4. The number of nitrogens with one attached hydrogen (secondary N) is 2. The van der Waals surface area contributed by atoms with Gasteiger partial charge in [-0.15, -0.1) is 0 Å². The Morgan fingerprint density at radius 3 is 2.70 bits per heavy atom. The Morgan fingerprint density at radius 2 is 2.00 bits per heavy atom. The minimum Gasteiger partial charge on any atom is -0.490 e. The van der Waals surface area contributed by atoms with Crippen molar-refractivity contribution in [2.24, 2.45) is 5.92 Å². The lowest BCUT2D eigenvalue weighted by Gasteiger charge is -2.18.